The number of anilines is 1. The van der Waals surface area contributed by atoms with E-state index in [0.29, 0.717) is 30.2 Å². The van der Waals surface area contributed by atoms with Gasteiger partial charge in [0.05, 0.1) is 36.2 Å². The lowest BCUT2D eigenvalue weighted by Crippen LogP contribution is -2.30. The molecule has 1 unspecified atom stereocenters. The molecule has 0 amide bonds. The Bertz CT molecular complexity index is 1060. The molecule has 7 nitrogen and oxygen atoms in total. The molecule has 10 heteroatoms. The van der Waals surface area contributed by atoms with Gasteiger partial charge in [-0.3, -0.25) is 0 Å². The summed E-state index contributed by atoms with van der Waals surface area (Å²) in [6.45, 7) is 8.43. The molecule has 0 saturated heterocycles. The number of aromatic nitrogens is 3. The second kappa shape index (κ2) is 10.4. The van der Waals surface area contributed by atoms with Crippen LogP contribution in [-0.2, 0) is 10.9 Å². The highest BCUT2D eigenvalue weighted by Crippen LogP contribution is 2.31. The van der Waals surface area contributed by atoms with Gasteiger partial charge in [0.25, 0.3) is 0 Å². The average molecular weight is 479 g/mol. The first kappa shape index (κ1) is 25.5. The molecular formula is C24H29F3N4O3. The van der Waals surface area contributed by atoms with E-state index in [2.05, 4.69) is 15.4 Å². The van der Waals surface area contributed by atoms with E-state index >= 15 is 0 Å². The summed E-state index contributed by atoms with van der Waals surface area (Å²) in [5.41, 5.74) is 0.828. The molecule has 1 atom stereocenters. The van der Waals surface area contributed by atoms with Crippen molar-refractivity contribution in [1.29, 1.82) is 0 Å². The third-order valence-corrected chi connectivity index (χ3v) is 4.69. The van der Waals surface area contributed by atoms with E-state index in [4.69, 9.17) is 9.47 Å². The van der Waals surface area contributed by atoms with Gasteiger partial charge in [-0.2, -0.15) is 18.2 Å². The predicted molar refractivity (Wildman–Crippen MR) is 123 cm³/mol. The van der Waals surface area contributed by atoms with Gasteiger partial charge >= 0.3 is 12.2 Å². The van der Waals surface area contributed by atoms with E-state index in [0.717, 1.165) is 17.8 Å². The smallest absolute Gasteiger partial charge is 0.416 e. The summed E-state index contributed by atoms with van der Waals surface area (Å²) in [5.74, 6) is 0.354. The quantitative estimate of drug-likeness (QED) is 0.454. The Morgan fingerprint density at radius 2 is 1.68 bits per heavy atom. The Morgan fingerprint density at radius 3 is 2.24 bits per heavy atom. The number of hydrogen-bond acceptors (Lipinski definition) is 6. The summed E-state index contributed by atoms with van der Waals surface area (Å²) in [6, 6.07) is 12.1. The van der Waals surface area contributed by atoms with Crippen LogP contribution in [0, 0.1) is 0 Å². The molecule has 3 aromatic rings. The normalized spacial score (nSPS) is 13.1. The second-order valence-corrected chi connectivity index (χ2v) is 8.64. The average Bonchev–Trinajstić information content (AvgIpc) is 3.20. The number of alkyl halides is 3. The monoisotopic (exact) mass is 478 g/mol. The molecule has 184 valence electrons. The number of nitrogens with one attached hydrogen (secondary N) is 1. The number of hydrogen-bond donors (Lipinski definition) is 2. The van der Waals surface area contributed by atoms with E-state index in [1.54, 1.807) is 19.1 Å². The molecule has 0 radical (unpaired) electrons. The largest absolute Gasteiger partial charge is 0.463 e. The Balaban J connectivity index is 1.77. The first-order valence-electron chi connectivity index (χ1n) is 10.9. The maximum atomic E-state index is 12.9. The van der Waals surface area contributed by atoms with Gasteiger partial charge in [-0.25, -0.2) is 4.68 Å². The standard InChI is InChI=1S/C24H29F3N4O3/c1-5-33-22-29-21(16-6-8-17(9-7-16)24(25,26)27)31(30-22)19-12-10-18(11-13-19)28-14-20(32)15-34-23(2,3)4/h6-13,20,28,32H,5,14-15H2,1-4H3. The fraction of sp³-hybridized carbons (Fsp3) is 0.417. The lowest BCUT2D eigenvalue weighted by atomic mass is 10.1. The lowest BCUT2D eigenvalue weighted by Gasteiger charge is -2.22. The number of rotatable bonds is 9. The van der Waals surface area contributed by atoms with Crippen LogP contribution >= 0.6 is 0 Å². The van der Waals surface area contributed by atoms with Crippen molar-refractivity contribution < 1.29 is 27.8 Å². The van der Waals surface area contributed by atoms with E-state index in [1.165, 1.54) is 16.8 Å². The van der Waals surface area contributed by atoms with Gasteiger partial charge in [0.15, 0.2) is 5.82 Å². The van der Waals surface area contributed by atoms with Crippen molar-refractivity contribution in [2.45, 2.75) is 45.6 Å². The molecule has 3 rings (SSSR count). The Kier molecular flexibility index (Phi) is 7.83. The van der Waals surface area contributed by atoms with Crippen molar-refractivity contribution >= 4 is 5.69 Å². The summed E-state index contributed by atoms with van der Waals surface area (Å²) >= 11 is 0. The molecule has 1 heterocycles. The summed E-state index contributed by atoms with van der Waals surface area (Å²) in [7, 11) is 0. The number of aliphatic hydroxyl groups is 1. The molecular weight excluding hydrogens is 449 g/mol. The SMILES string of the molecule is CCOc1nc(-c2ccc(C(F)(F)F)cc2)n(-c2ccc(NCC(O)COC(C)(C)C)cc2)n1. The molecule has 1 aromatic heterocycles. The molecule has 0 aliphatic heterocycles. The maximum Gasteiger partial charge on any atom is 0.416 e. The maximum absolute atomic E-state index is 12.9. The fourth-order valence-corrected chi connectivity index (χ4v) is 3.02. The zero-order chi connectivity index (χ0) is 24.9. The topological polar surface area (TPSA) is 81.4 Å². The molecule has 0 spiro atoms. The van der Waals surface area contributed by atoms with Gasteiger partial charge in [0.2, 0.25) is 0 Å². The molecule has 2 N–H and O–H groups in total. The van der Waals surface area contributed by atoms with Crippen molar-refractivity contribution in [2.75, 3.05) is 25.1 Å². The van der Waals surface area contributed by atoms with Gasteiger partial charge in [0, 0.05) is 17.8 Å². The molecule has 0 fully saturated rings. The summed E-state index contributed by atoms with van der Waals surface area (Å²) < 4.78 is 51.3. The summed E-state index contributed by atoms with van der Waals surface area (Å²) in [5, 5.41) is 17.6. The third kappa shape index (κ3) is 6.94. The third-order valence-electron chi connectivity index (χ3n) is 4.69. The zero-order valence-electron chi connectivity index (χ0n) is 19.6. The van der Waals surface area contributed by atoms with Crippen LogP contribution in [0.25, 0.3) is 17.1 Å². The van der Waals surface area contributed by atoms with E-state index in [-0.39, 0.29) is 18.2 Å². The molecule has 0 aliphatic carbocycles. The molecule has 0 bridgehead atoms. The van der Waals surface area contributed by atoms with Crippen molar-refractivity contribution in [3.63, 3.8) is 0 Å². The molecule has 34 heavy (non-hydrogen) atoms. The highest BCUT2D eigenvalue weighted by Gasteiger charge is 2.30. The Morgan fingerprint density at radius 1 is 1.03 bits per heavy atom. The minimum absolute atomic E-state index is 0.126. The van der Waals surface area contributed by atoms with Gasteiger partial charge in [0.1, 0.15) is 0 Å². The van der Waals surface area contributed by atoms with Crippen LogP contribution < -0.4 is 10.1 Å². The number of aliphatic hydroxyl groups excluding tert-OH is 1. The first-order valence-corrected chi connectivity index (χ1v) is 10.9. The minimum atomic E-state index is -4.42. The van der Waals surface area contributed by atoms with E-state index in [9.17, 15) is 18.3 Å². The Labute approximate surface area is 196 Å². The molecule has 2 aromatic carbocycles. The van der Waals surface area contributed by atoms with Crippen molar-refractivity contribution in [3.05, 3.63) is 54.1 Å². The minimum Gasteiger partial charge on any atom is -0.463 e. The number of ether oxygens (including phenoxy) is 2. The predicted octanol–water partition coefficient (Wildman–Crippen LogP) is 4.94. The van der Waals surface area contributed by atoms with Crippen molar-refractivity contribution in [3.8, 4) is 23.1 Å². The highest BCUT2D eigenvalue weighted by molar-refractivity contribution is 5.60. The number of nitrogens with zero attached hydrogens (tertiary/aromatic N) is 3. The van der Waals surface area contributed by atoms with Crippen LogP contribution in [0.3, 0.4) is 0 Å². The van der Waals surface area contributed by atoms with Crippen molar-refractivity contribution in [2.24, 2.45) is 0 Å². The number of halogens is 3. The first-order chi connectivity index (χ1) is 16.0. The van der Waals surface area contributed by atoms with Crippen LogP contribution in [0.2, 0.25) is 0 Å². The van der Waals surface area contributed by atoms with Crippen LogP contribution in [0.1, 0.15) is 33.3 Å². The lowest BCUT2D eigenvalue weighted by molar-refractivity contribution is -0.137. The highest BCUT2D eigenvalue weighted by atomic mass is 19.4. The zero-order valence-corrected chi connectivity index (χ0v) is 19.6. The molecule has 0 saturated carbocycles. The van der Waals surface area contributed by atoms with Crippen LogP contribution in [0.4, 0.5) is 18.9 Å². The van der Waals surface area contributed by atoms with E-state index in [1.807, 2.05) is 32.9 Å². The van der Waals surface area contributed by atoms with E-state index < -0.39 is 17.8 Å². The van der Waals surface area contributed by atoms with Crippen molar-refractivity contribution in [1.82, 2.24) is 14.8 Å². The summed E-state index contributed by atoms with van der Waals surface area (Å²) in [4.78, 5) is 4.35. The van der Waals surface area contributed by atoms with Gasteiger partial charge in [-0.15, -0.1) is 5.10 Å². The fourth-order valence-electron chi connectivity index (χ4n) is 3.02. The number of benzene rings is 2. The summed E-state index contributed by atoms with van der Waals surface area (Å²) in [6.07, 6.45) is -5.09. The van der Waals surface area contributed by atoms with Gasteiger partial charge < -0.3 is 19.9 Å². The van der Waals surface area contributed by atoms with Gasteiger partial charge in [-0.1, -0.05) is 12.1 Å². The molecule has 0 aliphatic rings. The van der Waals surface area contributed by atoms with Gasteiger partial charge in [-0.05, 0) is 64.1 Å². The second-order valence-electron chi connectivity index (χ2n) is 8.64. The van der Waals surface area contributed by atoms with Crippen LogP contribution in [-0.4, -0.2) is 51.3 Å². The Hall–Kier alpha value is -3.11. The van der Waals surface area contributed by atoms with Crippen LogP contribution in [0.5, 0.6) is 6.01 Å². The van der Waals surface area contributed by atoms with Crippen LogP contribution in [0.15, 0.2) is 48.5 Å².